The van der Waals surface area contributed by atoms with Crippen LogP contribution >= 0.6 is 23.2 Å². The zero-order valence-electron chi connectivity index (χ0n) is 32.8. The molecule has 0 unspecified atom stereocenters. The minimum absolute atomic E-state index is 0.0630. The Kier molecular flexibility index (Phi) is 10.3. The van der Waals surface area contributed by atoms with Gasteiger partial charge < -0.3 is 20.2 Å². The highest BCUT2D eigenvalue weighted by Gasteiger charge is 2.77. The summed E-state index contributed by atoms with van der Waals surface area (Å²) >= 11 is 13.0. The predicted octanol–water partition coefficient (Wildman–Crippen LogP) is 8.62. The monoisotopic (exact) mass is 837 g/mol. The summed E-state index contributed by atoms with van der Waals surface area (Å²) in [5.41, 5.74) is -0.510. The van der Waals surface area contributed by atoms with Gasteiger partial charge in [-0.2, -0.15) is 0 Å². The van der Waals surface area contributed by atoms with Crippen LogP contribution in [0.25, 0.3) is 0 Å². The molecule has 2 saturated carbocycles. The molecule has 0 radical (unpaired) electrons. The average molecular weight is 839 g/mol. The van der Waals surface area contributed by atoms with Gasteiger partial charge in [0.05, 0.1) is 18.2 Å². The van der Waals surface area contributed by atoms with Gasteiger partial charge in [0.1, 0.15) is 10.6 Å². The molecule has 2 amide bonds. The molecule has 2 aliphatic carbocycles. The van der Waals surface area contributed by atoms with Gasteiger partial charge in [-0.25, -0.2) is 14.4 Å². The number of aliphatic hydroxyl groups is 1. The molecule has 5 atom stereocenters. The highest BCUT2D eigenvalue weighted by molar-refractivity contribution is 6.30. The Morgan fingerprint density at radius 1 is 0.966 bits per heavy atom. The lowest BCUT2D eigenvalue weighted by molar-refractivity contribution is -0.137. The van der Waals surface area contributed by atoms with Gasteiger partial charge in [0.2, 0.25) is 24.1 Å². The molecule has 3 aromatic heterocycles. The second-order valence-corrected chi connectivity index (χ2v) is 18.1. The van der Waals surface area contributed by atoms with Crippen molar-refractivity contribution in [1.82, 2.24) is 30.4 Å². The number of nitrogens with zero attached hydrogens (tertiary/aromatic N) is 5. The van der Waals surface area contributed by atoms with Gasteiger partial charge in [-0.3, -0.25) is 14.5 Å². The summed E-state index contributed by atoms with van der Waals surface area (Å²) in [4.78, 5) is 42.2. The minimum atomic E-state index is -1.62. The maximum atomic E-state index is 17.1. The topological polar surface area (TPSA) is 146 Å². The van der Waals surface area contributed by atoms with E-state index in [2.05, 4.69) is 49.5 Å². The van der Waals surface area contributed by atoms with Gasteiger partial charge in [0.15, 0.2) is 11.0 Å². The molecule has 5 heterocycles. The number of likely N-dealkylation sites (tertiary alicyclic amines) is 1. The van der Waals surface area contributed by atoms with Crippen LogP contribution < -0.4 is 10.6 Å². The lowest BCUT2D eigenvalue weighted by Gasteiger charge is -2.56. The number of anilines is 1. The Bertz CT molecular complexity index is 2340. The molecule has 3 N–H and O–H groups in total. The Morgan fingerprint density at radius 2 is 1.64 bits per heavy atom. The summed E-state index contributed by atoms with van der Waals surface area (Å²) in [7, 11) is 0. The fraction of sp³-hybridized carbons (Fsp3) is 0.422. The van der Waals surface area contributed by atoms with E-state index in [-0.39, 0.29) is 39.2 Å². The third kappa shape index (κ3) is 6.54. The molecular formula is C45H46Cl2FN7O4. The maximum absolute atomic E-state index is 17.1. The van der Waals surface area contributed by atoms with Crippen LogP contribution in [0.4, 0.5) is 10.1 Å². The van der Waals surface area contributed by atoms with E-state index in [4.69, 9.17) is 27.6 Å². The van der Waals surface area contributed by atoms with Crippen LogP contribution in [0.15, 0.2) is 96.0 Å². The molecule has 11 nitrogen and oxygen atoms in total. The highest BCUT2D eigenvalue weighted by Crippen LogP contribution is 2.69. The molecule has 4 aliphatic rings. The van der Waals surface area contributed by atoms with Crippen molar-refractivity contribution in [2.45, 2.75) is 112 Å². The largest absolute Gasteiger partial charge is 0.428 e. The number of pyridine rings is 2. The number of carbonyl (C=O) groups excluding carboxylic acids is 2. The maximum Gasteiger partial charge on any atom is 0.238 e. The number of benzene rings is 2. The minimum Gasteiger partial charge on any atom is -0.428 e. The standard InChI is InChI=1S/C45H46Cl2FN7O4/c1-43(2)18-20-44(21-19-43)45(31-24-50-33(46)23-32(31)53-42(45)58)34(30-17-22-49-39(47)35(30)48)37(40(57)52-29-15-13-28(14-16-29)41-54-51-25-59-41)55(44)36(26-9-5-3-6-10-26)38(56)27-11-7-4-8-12-27/h3-12,17,22-25,28-29,34,36-38,56H,13-16,18-21H2,1-2H3,(H,52,57)(H,53,58)/t28?,29?,34-,36+,37+,38-,45+/m0/s1. The number of nitrogens with one attached hydrogen (secondary N) is 2. The van der Waals surface area contributed by atoms with Crippen LogP contribution in [0.5, 0.6) is 0 Å². The molecule has 9 rings (SSSR count). The van der Waals surface area contributed by atoms with Gasteiger partial charge in [-0.05, 0) is 85.6 Å². The van der Waals surface area contributed by atoms with Crippen molar-refractivity contribution >= 4 is 40.7 Å². The molecule has 2 aromatic carbocycles. The third-order valence-corrected chi connectivity index (χ3v) is 14.3. The first-order chi connectivity index (χ1) is 28.4. The van der Waals surface area contributed by atoms with E-state index in [1.807, 2.05) is 60.7 Å². The Balaban J connectivity index is 1.31. The molecule has 3 fully saturated rings. The molecule has 2 aliphatic heterocycles. The summed E-state index contributed by atoms with van der Waals surface area (Å²) in [5.74, 6) is -2.12. The Labute approximate surface area is 352 Å². The summed E-state index contributed by atoms with van der Waals surface area (Å²) < 4.78 is 22.6. The molecule has 0 bridgehead atoms. The van der Waals surface area contributed by atoms with E-state index in [9.17, 15) is 5.11 Å². The van der Waals surface area contributed by atoms with E-state index in [0.717, 1.165) is 5.56 Å². The first kappa shape index (κ1) is 39.7. The van der Waals surface area contributed by atoms with Crippen molar-refractivity contribution in [3.8, 4) is 0 Å². The van der Waals surface area contributed by atoms with Crippen molar-refractivity contribution in [1.29, 1.82) is 0 Å². The summed E-state index contributed by atoms with van der Waals surface area (Å²) in [6, 6.07) is 19.8. The fourth-order valence-corrected chi connectivity index (χ4v) is 11.3. The van der Waals surface area contributed by atoms with Gasteiger partial charge in [-0.1, -0.05) is 97.7 Å². The number of amides is 2. The molecule has 14 heteroatoms. The number of hydrogen-bond donors (Lipinski definition) is 3. The number of hydrogen-bond acceptors (Lipinski definition) is 9. The lowest BCUT2D eigenvalue weighted by Crippen LogP contribution is -2.64. The third-order valence-electron chi connectivity index (χ3n) is 13.8. The first-order valence-electron chi connectivity index (χ1n) is 20.4. The normalized spacial score (nSPS) is 27.0. The van der Waals surface area contributed by atoms with Crippen LogP contribution in [0, 0.1) is 11.2 Å². The predicted molar refractivity (Wildman–Crippen MR) is 220 cm³/mol. The van der Waals surface area contributed by atoms with Crippen LogP contribution in [0.1, 0.15) is 117 Å². The van der Waals surface area contributed by atoms with E-state index >= 15 is 14.0 Å². The fourth-order valence-electron chi connectivity index (χ4n) is 11.0. The van der Waals surface area contributed by atoms with Gasteiger partial charge >= 0.3 is 0 Å². The SMILES string of the molecule is CC1(C)CCC2(CC1)N([C@H](c1ccccc1)[C@@H](O)c1ccccc1)[C@@H](C(=O)NC1CCC(c3nnco3)CC1)[C@H](c1ccnc(Cl)c1F)[C@]21C(=O)Nc2cc(Cl)ncc21. The summed E-state index contributed by atoms with van der Waals surface area (Å²) in [6.07, 6.45) is 8.11. The molecule has 1 saturated heterocycles. The van der Waals surface area contributed by atoms with Crippen LogP contribution in [-0.4, -0.2) is 59.6 Å². The van der Waals surface area contributed by atoms with Crippen LogP contribution in [0.2, 0.25) is 10.3 Å². The number of rotatable bonds is 8. The van der Waals surface area contributed by atoms with Crippen molar-refractivity contribution in [3.63, 3.8) is 0 Å². The van der Waals surface area contributed by atoms with Crippen molar-refractivity contribution in [3.05, 3.63) is 136 Å². The number of halogens is 3. The van der Waals surface area contributed by atoms with Gasteiger partial charge in [0.25, 0.3) is 0 Å². The molecule has 59 heavy (non-hydrogen) atoms. The van der Waals surface area contributed by atoms with Crippen LogP contribution in [0.3, 0.4) is 0 Å². The Morgan fingerprint density at radius 3 is 2.31 bits per heavy atom. The average Bonchev–Trinajstić information content (AvgIpc) is 3.94. The van der Waals surface area contributed by atoms with E-state index in [1.165, 1.54) is 18.7 Å². The van der Waals surface area contributed by atoms with Crippen molar-refractivity contribution < 1.29 is 23.5 Å². The molecule has 5 aromatic rings. The molecular weight excluding hydrogens is 792 g/mol. The van der Waals surface area contributed by atoms with Crippen LogP contribution in [-0.2, 0) is 15.0 Å². The number of aliphatic hydroxyl groups excluding tert-OH is 1. The van der Waals surface area contributed by atoms with E-state index in [1.54, 1.807) is 12.3 Å². The van der Waals surface area contributed by atoms with Gasteiger partial charge in [0, 0.05) is 47.1 Å². The highest BCUT2D eigenvalue weighted by atomic mass is 35.5. The summed E-state index contributed by atoms with van der Waals surface area (Å²) in [5, 5.41) is 27.3. The number of aromatic nitrogens is 4. The zero-order valence-corrected chi connectivity index (χ0v) is 34.3. The van der Waals surface area contributed by atoms with E-state index in [0.29, 0.717) is 74.1 Å². The van der Waals surface area contributed by atoms with E-state index < -0.39 is 46.8 Å². The summed E-state index contributed by atoms with van der Waals surface area (Å²) in [6.45, 7) is 4.41. The molecule has 2 spiro atoms. The number of fused-ring (bicyclic) bond motifs is 3. The van der Waals surface area contributed by atoms with Crippen molar-refractivity contribution in [2.75, 3.05) is 5.32 Å². The molecule has 306 valence electrons. The van der Waals surface area contributed by atoms with Gasteiger partial charge in [-0.15, -0.1) is 10.2 Å². The first-order valence-corrected chi connectivity index (χ1v) is 21.1. The van der Waals surface area contributed by atoms with Crippen molar-refractivity contribution in [2.24, 2.45) is 5.41 Å². The Hall–Kier alpha value is -4.75. The second-order valence-electron chi connectivity index (χ2n) is 17.4. The lowest BCUT2D eigenvalue weighted by atomic mass is 9.53. The zero-order chi connectivity index (χ0) is 41.1. The smallest absolute Gasteiger partial charge is 0.238 e. The quantitative estimate of drug-likeness (QED) is 0.131. The second kappa shape index (κ2) is 15.4. The number of carbonyl (C=O) groups is 2.